The number of aromatic nitrogens is 4. The predicted molar refractivity (Wildman–Crippen MR) is 78.3 cm³/mol. The van der Waals surface area contributed by atoms with Crippen molar-refractivity contribution in [3.8, 4) is 5.69 Å². The van der Waals surface area contributed by atoms with Gasteiger partial charge in [-0.25, -0.2) is 4.39 Å². The molecule has 0 amide bonds. The average molecular weight is 342 g/mol. The van der Waals surface area contributed by atoms with Gasteiger partial charge in [-0.05, 0) is 64.8 Å². The number of nitrogens with one attached hydrogen (secondary N) is 1. The number of aryl methyl sites for hydroxylation is 1. The van der Waals surface area contributed by atoms with Gasteiger partial charge in [0.1, 0.15) is 5.82 Å². The first-order chi connectivity index (χ1) is 9.54. The van der Waals surface area contributed by atoms with Gasteiger partial charge in [0.25, 0.3) is 0 Å². The Morgan fingerprint density at radius 3 is 2.90 bits per heavy atom. The van der Waals surface area contributed by atoms with Crippen LogP contribution in [-0.2, 0) is 0 Å². The van der Waals surface area contributed by atoms with Crippen molar-refractivity contribution >= 4 is 15.9 Å². The van der Waals surface area contributed by atoms with Gasteiger partial charge in [-0.15, -0.1) is 5.10 Å². The van der Waals surface area contributed by atoms with E-state index >= 15 is 0 Å². The van der Waals surface area contributed by atoms with Crippen molar-refractivity contribution in [2.45, 2.75) is 33.2 Å². The van der Waals surface area contributed by atoms with Crippen LogP contribution in [0.4, 0.5) is 4.39 Å². The van der Waals surface area contributed by atoms with Crippen molar-refractivity contribution in [2.75, 3.05) is 6.54 Å². The lowest BCUT2D eigenvalue weighted by Crippen LogP contribution is -2.23. The van der Waals surface area contributed by atoms with Crippen molar-refractivity contribution < 1.29 is 4.39 Å². The summed E-state index contributed by atoms with van der Waals surface area (Å²) in [6.45, 7) is 6.86. The molecule has 5 nitrogen and oxygen atoms in total. The molecule has 0 bridgehead atoms. The second kappa shape index (κ2) is 6.41. The van der Waals surface area contributed by atoms with Crippen LogP contribution in [0.25, 0.3) is 5.69 Å². The van der Waals surface area contributed by atoms with Crippen LogP contribution >= 0.6 is 15.9 Å². The zero-order valence-electron chi connectivity index (χ0n) is 11.7. The quantitative estimate of drug-likeness (QED) is 0.908. The molecule has 0 saturated heterocycles. The summed E-state index contributed by atoms with van der Waals surface area (Å²) < 4.78 is 15.8. The Kier molecular flexibility index (Phi) is 4.82. The molecule has 1 aromatic carbocycles. The van der Waals surface area contributed by atoms with Gasteiger partial charge >= 0.3 is 0 Å². The smallest absolute Gasteiger partial charge is 0.173 e. The molecule has 0 saturated carbocycles. The summed E-state index contributed by atoms with van der Waals surface area (Å²) in [5, 5.41) is 15.1. The maximum Gasteiger partial charge on any atom is 0.173 e. The Bertz CT molecular complexity index is 598. The fourth-order valence-electron chi connectivity index (χ4n) is 1.95. The predicted octanol–water partition coefficient (Wildman–Crippen LogP) is 2.93. The first-order valence-corrected chi connectivity index (χ1v) is 7.31. The highest BCUT2D eigenvalue weighted by Gasteiger charge is 2.17. The summed E-state index contributed by atoms with van der Waals surface area (Å²) in [5.74, 6) is 0.337. The molecule has 1 atom stereocenters. The SMILES string of the molecule is CCCNC(C)c1nnnn1-c1cc(F)c(Br)cc1C. The summed E-state index contributed by atoms with van der Waals surface area (Å²) in [6, 6.07) is 3.16. The highest BCUT2D eigenvalue weighted by Crippen LogP contribution is 2.24. The normalized spacial score (nSPS) is 12.7. The van der Waals surface area contributed by atoms with Crippen LogP contribution in [0.15, 0.2) is 16.6 Å². The van der Waals surface area contributed by atoms with E-state index in [9.17, 15) is 4.39 Å². The van der Waals surface area contributed by atoms with E-state index in [1.807, 2.05) is 13.8 Å². The molecule has 0 aliphatic carbocycles. The average Bonchev–Trinajstić information content (AvgIpc) is 2.89. The van der Waals surface area contributed by atoms with Gasteiger partial charge in [0, 0.05) is 6.07 Å². The van der Waals surface area contributed by atoms with E-state index < -0.39 is 0 Å². The van der Waals surface area contributed by atoms with E-state index in [-0.39, 0.29) is 11.9 Å². The molecule has 0 spiro atoms. The summed E-state index contributed by atoms with van der Waals surface area (Å²) >= 11 is 3.18. The summed E-state index contributed by atoms with van der Waals surface area (Å²) in [5.41, 5.74) is 1.55. The second-order valence-electron chi connectivity index (χ2n) is 4.68. The maximum atomic E-state index is 13.7. The van der Waals surface area contributed by atoms with Gasteiger partial charge in [0.15, 0.2) is 5.82 Å². The van der Waals surface area contributed by atoms with Crippen LogP contribution in [0, 0.1) is 12.7 Å². The minimum absolute atomic E-state index is 0.00365. The number of rotatable bonds is 5. The molecule has 1 heterocycles. The molecule has 7 heteroatoms. The number of benzene rings is 1. The van der Waals surface area contributed by atoms with Crippen molar-refractivity contribution in [1.29, 1.82) is 0 Å². The van der Waals surface area contributed by atoms with Crippen molar-refractivity contribution in [3.63, 3.8) is 0 Å². The first kappa shape index (κ1) is 15.1. The molecule has 20 heavy (non-hydrogen) atoms. The van der Waals surface area contributed by atoms with Crippen LogP contribution in [-0.4, -0.2) is 26.8 Å². The number of halogens is 2. The first-order valence-electron chi connectivity index (χ1n) is 6.52. The highest BCUT2D eigenvalue weighted by atomic mass is 79.9. The third kappa shape index (κ3) is 3.04. The Balaban J connectivity index is 2.39. The molecule has 1 N–H and O–H groups in total. The zero-order chi connectivity index (χ0) is 14.7. The molecule has 1 aromatic heterocycles. The molecule has 0 fully saturated rings. The molecule has 2 aromatic rings. The van der Waals surface area contributed by atoms with Gasteiger partial charge < -0.3 is 5.32 Å². The summed E-state index contributed by atoms with van der Waals surface area (Å²) in [6.07, 6.45) is 1.03. The largest absolute Gasteiger partial charge is 0.307 e. The molecule has 0 aliphatic heterocycles. The number of hydrogen-bond donors (Lipinski definition) is 1. The van der Waals surface area contributed by atoms with Crippen molar-refractivity contribution in [3.05, 3.63) is 33.8 Å². The lowest BCUT2D eigenvalue weighted by molar-refractivity contribution is 0.530. The van der Waals surface area contributed by atoms with Gasteiger partial charge in [-0.3, -0.25) is 0 Å². The maximum absolute atomic E-state index is 13.7. The van der Waals surface area contributed by atoms with E-state index in [1.54, 1.807) is 10.7 Å². The van der Waals surface area contributed by atoms with Crippen LogP contribution in [0.1, 0.15) is 37.7 Å². The molecular formula is C13H17BrFN5. The van der Waals surface area contributed by atoms with Crippen LogP contribution in [0.2, 0.25) is 0 Å². The minimum atomic E-state index is -0.332. The summed E-state index contributed by atoms with van der Waals surface area (Å²) in [7, 11) is 0. The summed E-state index contributed by atoms with van der Waals surface area (Å²) in [4.78, 5) is 0. The lowest BCUT2D eigenvalue weighted by atomic mass is 10.2. The Morgan fingerprint density at radius 2 is 2.20 bits per heavy atom. The third-order valence-electron chi connectivity index (χ3n) is 3.05. The van der Waals surface area contributed by atoms with Crippen molar-refractivity contribution in [1.82, 2.24) is 25.5 Å². The topological polar surface area (TPSA) is 55.6 Å². The Hall–Kier alpha value is -1.34. The molecular weight excluding hydrogens is 325 g/mol. The third-order valence-corrected chi connectivity index (χ3v) is 3.66. The molecule has 108 valence electrons. The monoisotopic (exact) mass is 341 g/mol. The van der Waals surface area contributed by atoms with Crippen molar-refractivity contribution in [2.24, 2.45) is 0 Å². The van der Waals surface area contributed by atoms with Crippen LogP contribution in [0.3, 0.4) is 0 Å². The standard InChI is InChI=1S/C13H17BrFN5/c1-4-5-16-9(3)13-17-18-19-20(13)12-7-11(15)10(14)6-8(12)2/h6-7,9,16H,4-5H2,1-3H3. The molecule has 2 rings (SSSR count). The van der Waals surface area contributed by atoms with E-state index in [2.05, 4.69) is 43.7 Å². The van der Waals surface area contributed by atoms with E-state index in [1.165, 1.54) is 6.07 Å². The fourth-order valence-corrected chi connectivity index (χ4v) is 2.41. The van der Waals surface area contributed by atoms with E-state index in [4.69, 9.17) is 0 Å². The fraction of sp³-hybridized carbons (Fsp3) is 0.462. The number of nitrogens with zero attached hydrogens (tertiary/aromatic N) is 4. The number of tetrazole rings is 1. The van der Waals surface area contributed by atoms with Crippen LogP contribution in [0.5, 0.6) is 0 Å². The number of hydrogen-bond acceptors (Lipinski definition) is 4. The van der Waals surface area contributed by atoms with E-state index in [0.29, 0.717) is 16.0 Å². The second-order valence-corrected chi connectivity index (χ2v) is 5.53. The van der Waals surface area contributed by atoms with Gasteiger partial charge in [0.05, 0.1) is 16.2 Å². The highest BCUT2D eigenvalue weighted by molar-refractivity contribution is 9.10. The van der Waals surface area contributed by atoms with Crippen LogP contribution < -0.4 is 5.32 Å². The Labute approximate surface area is 125 Å². The molecule has 0 radical (unpaired) electrons. The van der Waals surface area contributed by atoms with Gasteiger partial charge in [0.2, 0.25) is 0 Å². The van der Waals surface area contributed by atoms with Gasteiger partial charge in [-0.1, -0.05) is 6.92 Å². The Morgan fingerprint density at radius 1 is 1.45 bits per heavy atom. The molecule has 1 unspecified atom stereocenters. The molecule has 0 aliphatic rings. The van der Waals surface area contributed by atoms with E-state index in [0.717, 1.165) is 18.5 Å². The lowest BCUT2D eigenvalue weighted by Gasteiger charge is -2.14. The minimum Gasteiger partial charge on any atom is -0.307 e. The zero-order valence-corrected chi connectivity index (χ0v) is 13.3. The van der Waals surface area contributed by atoms with Gasteiger partial charge in [-0.2, -0.15) is 4.68 Å².